The van der Waals surface area contributed by atoms with Crippen molar-refractivity contribution in [2.75, 3.05) is 7.05 Å². The van der Waals surface area contributed by atoms with E-state index in [1.807, 2.05) is 6.07 Å². The molecule has 3 aromatic rings. The number of phenols is 1. The SMILES string of the molecule is CNC(=O)c1ccc(-c2cc(-c3ccco3)[nH]n2)c(O)c1. The van der Waals surface area contributed by atoms with Gasteiger partial charge >= 0.3 is 0 Å². The summed E-state index contributed by atoms with van der Waals surface area (Å²) in [6.07, 6.45) is 1.57. The molecule has 0 aliphatic rings. The van der Waals surface area contributed by atoms with Gasteiger partial charge in [-0.1, -0.05) is 0 Å². The van der Waals surface area contributed by atoms with Crippen molar-refractivity contribution in [1.82, 2.24) is 15.5 Å². The van der Waals surface area contributed by atoms with Gasteiger partial charge in [0.1, 0.15) is 11.4 Å². The smallest absolute Gasteiger partial charge is 0.251 e. The number of aromatic hydroxyl groups is 1. The van der Waals surface area contributed by atoms with Gasteiger partial charge in [0.2, 0.25) is 0 Å². The standard InChI is InChI=1S/C15H13N3O3/c1-16-15(20)9-4-5-10(13(19)7-9)11-8-12(18-17-11)14-3-2-6-21-14/h2-8,19H,1H3,(H,16,20)(H,17,18). The monoisotopic (exact) mass is 283 g/mol. The number of H-pyrrole nitrogens is 1. The Labute approximate surface area is 120 Å². The molecule has 6 nitrogen and oxygen atoms in total. The van der Waals surface area contributed by atoms with E-state index in [0.29, 0.717) is 28.3 Å². The van der Waals surface area contributed by atoms with Crippen LogP contribution in [0.15, 0.2) is 47.1 Å². The Balaban J connectivity index is 1.96. The van der Waals surface area contributed by atoms with Gasteiger partial charge < -0.3 is 14.8 Å². The van der Waals surface area contributed by atoms with Gasteiger partial charge in [0, 0.05) is 18.2 Å². The minimum absolute atomic E-state index is 0.00593. The van der Waals surface area contributed by atoms with Gasteiger partial charge in [-0.2, -0.15) is 5.10 Å². The Kier molecular flexibility index (Phi) is 3.19. The highest BCUT2D eigenvalue weighted by Crippen LogP contribution is 2.31. The summed E-state index contributed by atoms with van der Waals surface area (Å²) >= 11 is 0. The summed E-state index contributed by atoms with van der Waals surface area (Å²) in [5.74, 6) is 0.402. The molecule has 0 aliphatic carbocycles. The number of phenolic OH excluding ortho intramolecular Hbond substituents is 1. The van der Waals surface area contributed by atoms with Gasteiger partial charge in [-0.25, -0.2) is 0 Å². The number of nitrogens with one attached hydrogen (secondary N) is 2. The van der Waals surface area contributed by atoms with E-state index < -0.39 is 0 Å². The Hall–Kier alpha value is -3.02. The van der Waals surface area contributed by atoms with Crippen LogP contribution >= 0.6 is 0 Å². The van der Waals surface area contributed by atoms with Crippen LogP contribution in [-0.2, 0) is 0 Å². The first-order chi connectivity index (χ1) is 10.2. The number of amides is 1. The summed E-state index contributed by atoms with van der Waals surface area (Å²) < 4.78 is 5.28. The molecule has 106 valence electrons. The first kappa shape index (κ1) is 13.0. The molecule has 3 N–H and O–H groups in total. The fourth-order valence-corrected chi connectivity index (χ4v) is 2.05. The number of benzene rings is 1. The number of carbonyl (C=O) groups is 1. The molecule has 1 amide bonds. The average molecular weight is 283 g/mol. The molecule has 0 atom stereocenters. The largest absolute Gasteiger partial charge is 0.507 e. The molecule has 6 heteroatoms. The highest BCUT2D eigenvalue weighted by Gasteiger charge is 2.13. The first-order valence-electron chi connectivity index (χ1n) is 6.34. The lowest BCUT2D eigenvalue weighted by atomic mass is 10.1. The third-order valence-electron chi connectivity index (χ3n) is 3.13. The quantitative estimate of drug-likeness (QED) is 0.688. The first-order valence-corrected chi connectivity index (χ1v) is 6.34. The van der Waals surface area contributed by atoms with Crippen LogP contribution in [-0.4, -0.2) is 28.3 Å². The Bertz CT molecular complexity index is 775. The number of carbonyl (C=O) groups excluding carboxylic acids is 1. The van der Waals surface area contributed by atoms with E-state index in [1.54, 1.807) is 30.5 Å². The summed E-state index contributed by atoms with van der Waals surface area (Å²) in [6.45, 7) is 0. The highest BCUT2D eigenvalue weighted by atomic mass is 16.3. The van der Waals surface area contributed by atoms with Crippen molar-refractivity contribution < 1.29 is 14.3 Å². The zero-order valence-corrected chi connectivity index (χ0v) is 11.3. The normalized spacial score (nSPS) is 10.5. The molecule has 0 saturated heterocycles. The average Bonchev–Trinajstić information content (AvgIpc) is 3.16. The molecule has 0 unspecified atom stereocenters. The van der Waals surface area contributed by atoms with Crippen molar-refractivity contribution >= 4 is 5.91 Å². The number of aromatic amines is 1. The number of hydrogen-bond donors (Lipinski definition) is 3. The summed E-state index contributed by atoms with van der Waals surface area (Å²) in [7, 11) is 1.54. The lowest BCUT2D eigenvalue weighted by Gasteiger charge is -2.04. The van der Waals surface area contributed by atoms with Crippen LogP contribution in [0.3, 0.4) is 0 Å². The second-order valence-corrected chi connectivity index (χ2v) is 4.46. The molecular formula is C15H13N3O3. The summed E-state index contributed by atoms with van der Waals surface area (Å²) in [4.78, 5) is 11.5. The summed E-state index contributed by atoms with van der Waals surface area (Å²) in [5.41, 5.74) is 2.21. The lowest BCUT2D eigenvalue weighted by Crippen LogP contribution is -2.17. The van der Waals surface area contributed by atoms with Crippen molar-refractivity contribution in [2.45, 2.75) is 0 Å². The molecule has 21 heavy (non-hydrogen) atoms. The van der Waals surface area contributed by atoms with Crippen molar-refractivity contribution in [3.05, 3.63) is 48.2 Å². The van der Waals surface area contributed by atoms with Crippen LogP contribution in [0.4, 0.5) is 0 Å². The highest BCUT2D eigenvalue weighted by molar-refractivity contribution is 5.95. The van der Waals surface area contributed by atoms with Crippen molar-refractivity contribution in [3.8, 4) is 28.5 Å². The third kappa shape index (κ3) is 2.38. The van der Waals surface area contributed by atoms with E-state index in [-0.39, 0.29) is 11.7 Å². The molecule has 0 aliphatic heterocycles. The van der Waals surface area contributed by atoms with E-state index in [2.05, 4.69) is 15.5 Å². The van der Waals surface area contributed by atoms with Gasteiger partial charge in [-0.3, -0.25) is 9.89 Å². The number of rotatable bonds is 3. The van der Waals surface area contributed by atoms with E-state index in [4.69, 9.17) is 4.42 Å². The molecule has 2 heterocycles. The van der Waals surface area contributed by atoms with Gasteiger partial charge in [0.15, 0.2) is 5.76 Å². The number of hydrogen-bond acceptors (Lipinski definition) is 4. The molecule has 0 bridgehead atoms. The van der Waals surface area contributed by atoms with E-state index in [1.165, 1.54) is 13.1 Å². The van der Waals surface area contributed by atoms with Crippen LogP contribution in [0.25, 0.3) is 22.7 Å². The predicted molar refractivity (Wildman–Crippen MR) is 76.8 cm³/mol. The zero-order valence-electron chi connectivity index (χ0n) is 11.3. The minimum Gasteiger partial charge on any atom is -0.507 e. The molecule has 0 radical (unpaired) electrons. The van der Waals surface area contributed by atoms with Gasteiger partial charge in [0.25, 0.3) is 5.91 Å². The van der Waals surface area contributed by atoms with Crippen molar-refractivity contribution in [3.63, 3.8) is 0 Å². The van der Waals surface area contributed by atoms with Crippen molar-refractivity contribution in [2.24, 2.45) is 0 Å². The second kappa shape index (κ2) is 5.16. The van der Waals surface area contributed by atoms with Crippen LogP contribution in [0.1, 0.15) is 10.4 Å². The van der Waals surface area contributed by atoms with Crippen LogP contribution < -0.4 is 5.32 Å². The molecular weight excluding hydrogens is 270 g/mol. The number of furan rings is 1. The van der Waals surface area contributed by atoms with E-state index in [9.17, 15) is 9.90 Å². The van der Waals surface area contributed by atoms with E-state index in [0.717, 1.165) is 0 Å². The van der Waals surface area contributed by atoms with Gasteiger partial charge in [-0.15, -0.1) is 0 Å². The minimum atomic E-state index is -0.254. The number of nitrogens with zero attached hydrogens (tertiary/aromatic N) is 1. The second-order valence-electron chi connectivity index (χ2n) is 4.46. The van der Waals surface area contributed by atoms with Gasteiger partial charge in [-0.05, 0) is 36.4 Å². The third-order valence-corrected chi connectivity index (χ3v) is 3.13. The fraction of sp³-hybridized carbons (Fsp3) is 0.0667. The molecule has 1 aromatic carbocycles. The molecule has 0 fully saturated rings. The van der Waals surface area contributed by atoms with Crippen molar-refractivity contribution in [1.29, 1.82) is 0 Å². The lowest BCUT2D eigenvalue weighted by molar-refractivity contribution is 0.0962. The van der Waals surface area contributed by atoms with Crippen LogP contribution in [0.5, 0.6) is 5.75 Å². The van der Waals surface area contributed by atoms with Crippen LogP contribution in [0.2, 0.25) is 0 Å². The number of aromatic nitrogens is 2. The topological polar surface area (TPSA) is 91.2 Å². The fourth-order valence-electron chi connectivity index (χ4n) is 2.05. The Morgan fingerprint density at radius 3 is 2.86 bits per heavy atom. The molecule has 2 aromatic heterocycles. The maximum atomic E-state index is 11.5. The maximum absolute atomic E-state index is 11.5. The van der Waals surface area contributed by atoms with E-state index >= 15 is 0 Å². The summed E-state index contributed by atoms with van der Waals surface area (Å²) in [5, 5.41) is 19.6. The molecule has 0 saturated carbocycles. The maximum Gasteiger partial charge on any atom is 0.251 e. The summed E-state index contributed by atoms with van der Waals surface area (Å²) in [6, 6.07) is 10.1. The molecule has 0 spiro atoms. The Morgan fingerprint density at radius 2 is 2.19 bits per heavy atom. The van der Waals surface area contributed by atoms with Gasteiger partial charge in [0.05, 0.1) is 12.0 Å². The molecule has 3 rings (SSSR count). The van der Waals surface area contributed by atoms with Crippen LogP contribution in [0, 0.1) is 0 Å². The zero-order chi connectivity index (χ0) is 14.8. The Morgan fingerprint density at radius 1 is 1.33 bits per heavy atom. The predicted octanol–water partition coefficient (Wildman–Crippen LogP) is 2.40.